The van der Waals surface area contributed by atoms with Gasteiger partial charge in [0.15, 0.2) is 10.9 Å². The van der Waals surface area contributed by atoms with Gasteiger partial charge in [0.05, 0.1) is 10.7 Å². The standard InChI is InChI=1S/C10H11ClF2N2S/c1-2-3-14-10(16)15-9-7(11)4-6(12)5-8(9)13/h4-5H,2-3H2,1H3,(H2,14,15,16). The lowest BCUT2D eigenvalue weighted by Gasteiger charge is -2.11. The van der Waals surface area contributed by atoms with Crippen molar-refractivity contribution in [3.63, 3.8) is 0 Å². The van der Waals surface area contributed by atoms with Crippen LogP contribution < -0.4 is 10.6 Å². The van der Waals surface area contributed by atoms with Crippen LogP contribution in [0.2, 0.25) is 5.02 Å². The summed E-state index contributed by atoms with van der Waals surface area (Å²) in [6.07, 6.45) is 0.890. The predicted molar refractivity (Wildman–Crippen MR) is 65.9 cm³/mol. The van der Waals surface area contributed by atoms with Crippen molar-refractivity contribution in [1.29, 1.82) is 0 Å². The van der Waals surface area contributed by atoms with Gasteiger partial charge in [-0.25, -0.2) is 8.78 Å². The Hall–Kier alpha value is -0.940. The fourth-order valence-corrected chi connectivity index (χ4v) is 1.50. The first kappa shape index (κ1) is 13.1. The van der Waals surface area contributed by atoms with E-state index in [9.17, 15) is 8.78 Å². The van der Waals surface area contributed by atoms with Gasteiger partial charge in [0.25, 0.3) is 0 Å². The summed E-state index contributed by atoms with van der Waals surface area (Å²) in [6, 6.07) is 1.77. The van der Waals surface area contributed by atoms with E-state index in [4.69, 9.17) is 23.8 Å². The minimum absolute atomic E-state index is 0.0170. The van der Waals surface area contributed by atoms with Crippen LogP contribution in [0.5, 0.6) is 0 Å². The van der Waals surface area contributed by atoms with E-state index in [1.54, 1.807) is 0 Å². The number of nitrogens with one attached hydrogen (secondary N) is 2. The van der Waals surface area contributed by atoms with Gasteiger partial charge in [0, 0.05) is 12.6 Å². The highest BCUT2D eigenvalue weighted by Crippen LogP contribution is 2.26. The van der Waals surface area contributed by atoms with Crippen molar-refractivity contribution >= 4 is 34.6 Å². The highest BCUT2D eigenvalue weighted by molar-refractivity contribution is 7.80. The average molecular weight is 265 g/mol. The smallest absolute Gasteiger partial charge is 0.170 e. The van der Waals surface area contributed by atoms with Crippen molar-refractivity contribution in [3.05, 3.63) is 28.8 Å². The van der Waals surface area contributed by atoms with E-state index in [1.807, 2.05) is 6.92 Å². The average Bonchev–Trinajstić information content (AvgIpc) is 2.20. The molecule has 0 spiro atoms. The van der Waals surface area contributed by atoms with Crippen LogP contribution in [0.1, 0.15) is 13.3 Å². The molecule has 1 aromatic carbocycles. The lowest BCUT2D eigenvalue weighted by Crippen LogP contribution is -2.29. The molecule has 0 atom stereocenters. The molecule has 0 unspecified atom stereocenters. The van der Waals surface area contributed by atoms with Gasteiger partial charge < -0.3 is 10.6 Å². The molecule has 1 rings (SSSR count). The second kappa shape index (κ2) is 5.96. The van der Waals surface area contributed by atoms with Gasteiger partial charge in [-0.05, 0) is 24.7 Å². The molecule has 0 aromatic heterocycles. The van der Waals surface area contributed by atoms with Gasteiger partial charge >= 0.3 is 0 Å². The minimum Gasteiger partial charge on any atom is -0.362 e. The second-order valence-electron chi connectivity index (χ2n) is 3.13. The lowest BCUT2D eigenvalue weighted by atomic mass is 10.3. The third kappa shape index (κ3) is 3.57. The Bertz CT molecular complexity index is 375. The molecule has 0 fully saturated rings. The maximum atomic E-state index is 13.3. The molecule has 1 aromatic rings. The molecule has 2 N–H and O–H groups in total. The molecule has 0 saturated carbocycles. The molecule has 0 saturated heterocycles. The van der Waals surface area contributed by atoms with Crippen molar-refractivity contribution < 1.29 is 8.78 Å². The summed E-state index contributed by atoms with van der Waals surface area (Å²) in [5.41, 5.74) is -0.0170. The summed E-state index contributed by atoms with van der Waals surface area (Å²) in [7, 11) is 0. The van der Waals surface area contributed by atoms with Gasteiger partial charge in [0.2, 0.25) is 0 Å². The van der Waals surface area contributed by atoms with Crippen molar-refractivity contribution in [1.82, 2.24) is 5.32 Å². The van der Waals surface area contributed by atoms with Gasteiger partial charge in [-0.15, -0.1) is 0 Å². The number of anilines is 1. The zero-order valence-electron chi connectivity index (χ0n) is 8.61. The number of halogens is 3. The molecule has 6 heteroatoms. The molecule has 88 valence electrons. The van der Waals surface area contributed by atoms with Crippen LogP contribution in [0.3, 0.4) is 0 Å². The molecule has 2 nitrogen and oxygen atoms in total. The normalized spacial score (nSPS) is 10.0. The number of benzene rings is 1. The van der Waals surface area contributed by atoms with Crippen LogP contribution >= 0.6 is 23.8 Å². The quantitative estimate of drug-likeness (QED) is 0.819. The van der Waals surface area contributed by atoms with Crippen LogP contribution in [0, 0.1) is 11.6 Å². The summed E-state index contributed by atoms with van der Waals surface area (Å²) in [5.74, 6) is -1.49. The van der Waals surface area contributed by atoms with Crippen molar-refractivity contribution in [2.24, 2.45) is 0 Å². The molecule has 0 heterocycles. The third-order valence-electron chi connectivity index (χ3n) is 1.78. The number of hydrogen-bond acceptors (Lipinski definition) is 1. The molecule has 16 heavy (non-hydrogen) atoms. The summed E-state index contributed by atoms with van der Waals surface area (Å²) < 4.78 is 26.1. The molecule has 0 aliphatic heterocycles. The molecule has 0 radical (unpaired) electrons. The third-order valence-corrected chi connectivity index (χ3v) is 2.33. The second-order valence-corrected chi connectivity index (χ2v) is 3.94. The maximum absolute atomic E-state index is 13.3. The first-order chi connectivity index (χ1) is 7.54. The van der Waals surface area contributed by atoms with Gasteiger partial charge in [-0.1, -0.05) is 18.5 Å². The van der Waals surface area contributed by atoms with E-state index >= 15 is 0 Å². The first-order valence-electron chi connectivity index (χ1n) is 4.74. The fourth-order valence-electron chi connectivity index (χ4n) is 1.06. The highest BCUT2D eigenvalue weighted by Gasteiger charge is 2.10. The Morgan fingerprint density at radius 2 is 2.12 bits per heavy atom. The monoisotopic (exact) mass is 264 g/mol. The number of hydrogen-bond donors (Lipinski definition) is 2. The Morgan fingerprint density at radius 1 is 1.44 bits per heavy atom. The Kier molecular flexibility index (Phi) is 4.89. The van der Waals surface area contributed by atoms with Crippen LogP contribution in [0.25, 0.3) is 0 Å². The molecule has 0 amide bonds. The Labute approximate surface area is 103 Å². The maximum Gasteiger partial charge on any atom is 0.170 e. The summed E-state index contributed by atoms with van der Waals surface area (Å²) in [6.45, 7) is 2.65. The largest absolute Gasteiger partial charge is 0.362 e. The first-order valence-corrected chi connectivity index (χ1v) is 5.52. The predicted octanol–water partition coefficient (Wildman–Crippen LogP) is 3.31. The zero-order chi connectivity index (χ0) is 12.1. The van der Waals surface area contributed by atoms with Gasteiger partial charge in [-0.2, -0.15) is 0 Å². The fraction of sp³-hybridized carbons (Fsp3) is 0.300. The van der Waals surface area contributed by atoms with Crippen molar-refractivity contribution in [2.45, 2.75) is 13.3 Å². The van der Waals surface area contributed by atoms with Gasteiger partial charge in [0.1, 0.15) is 5.82 Å². The molecule has 0 bridgehead atoms. The number of rotatable bonds is 3. The van der Waals surface area contributed by atoms with E-state index in [2.05, 4.69) is 10.6 Å². The topological polar surface area (TPSA) is 24.1 Å². The summed E-state index contributed by atoms with van der Waals surface area (Å²) in [5, 5.41) is 5.65. The highest BCUT2D eigenvalue weighted by atomic mass is 35.5. The van der Waals surface area contributed by atoms with Crippen molar-refractivity contribution in [2.75, 3.05) is 11.9 Å². The Morgan fingerprint density at radius 3 is 2.69 bits per heavy atom. The Balaban J connectivity index is 2.77. The molecular formula is C10H11ClF2N2S. The lowest BCUT2D eigenvalue weighted by molar-refractivity contribution is 0.586. The summed E-state index contributed by atoms with van der Waals surface area (Å²) >= 11 is 10.6. The summed E-state index contributed by atoms with van der Waals surface area (Å²) in [4.78, 5) is 0. The van der Waals surface area contributed by atoms with E-state index in [-0.39, 0.29) is 15.8 Å². The number of thiocarbonyl (C=S) groups is 1. The van der Waals surface area contributed by atoms with E-state index in [1.165, 1.54) is 0 Å². The van der Waals surface area contributed by atoms with E-state index < -0.39 is 11.6 Å². The van der Waals surface area contributed by atoms with Crippen LogP contribution in [-0.4, -0.2) is 11.7 Å². The minimum atomic E-state index is -0.773. The van der Waals surface area contributed by atoms with Gasteiger partial charge in [-0.3, -0.25) is 0 Å². The van der Waals surface area contributed by atoms with E-state index in [0.29, 0.717) is 6.54 Å². The molecule has 0 aliphatic rings. The van der Waals surface area contributed by atoms with Crippen LogP contribution in [0.4, 0.5) is 14.5 Å². The van der Waals surface area contributed by atoms with Crippen molar-refractivity contribution in [3.8, 4) is 0 Å². The SMILES string of the molecule is CCCNC(=S)Nc1c(F)cc(F)cc1Cl. The van der Waals surface area contributed by atoms with Crippen LogP contribution in [-0.2, 0) is 0 Å². The van der Waals surface area contributed by atoms with Crippen LogP contribution in [0.15, 0.2) is 12.1 Å². The molecular weight excluding hydrogens is 254 g/mol. The molecule has 0 aliphatic carbocycles. The van der Waals surface area contributed by atoms with E-state index in [0.717, 1.165) is 18.6 Å². The zero-order valence-corrected chi connectivity index (χ0v) is 10.2.